The molecule has 0 amide bonds. The number of terminal acetylenes is 1. The molecule has 1 saturated heterocycles. The molecule has 0 bridgehead atoms. The molecule has 3 heterocycles. The van der Waals surface area contributed by atoms with Gasteiger partial charge in [-0.3, -0.25) is 13.9 Å². The number of nitrogen functional groups attached to an aromatic ring is 1. The molecule has 0 spiro atoms. The predicted molar refractivity (Wildman–Crippen MR) is 183 cm³/mol. The minimum atomic E-state index is -4.54. The Morgan fingerprint density at radius 1 is 1.18 bits per heavy atom. The van der Waals surface area contributed by atoms with Gasteiger partial charge in [0, 0.05) is 12.5 Å². The second-order valence-corrected chi connectivity index (χ2v) is 14.3. The van der Waals surface area contributed by atoms with Crippen molar-refractivity contribution in [2.24, 2.45) is 0 Å². The normalized spacial score (nSPS) is 21.2. The van der Waals surface area contributed by atoms with Gasteiger partial charge in [-0.1, -0.05) is 89.3 Å². The number of anilines is 1. The van der Waals surface area contributed by atoms with E-state index in [1.807, 2.05) is 0 Å². The molecule has 3 aromatic rings. The van der Waals surface area contributed by atoms with E-state index in [-0.39, 0.29) is 29.2 Å². The maximum atomic E-state index is 15.3. The Hall–Kier alpha value is -3.60. The van der Waals surface area contributed by atoms with Crippen molar-refractivity contribution in [2.45, 2.75) is 121 Å². The fourth-order valence-corrected chi connectivity index (χ4v) is 8.32. The van der Waals surface area contributed by atoms with Crippen molar-refractivity contribution in [3.05, 3.63) is 42.7 Å². The van der Waals surface area contributed by atoms with Gasteiger partial charge in [-0.05, 0) is 31.9 Å². The summed E-state index contributed by atoms with van der Waals surface area (Å²) in [5, 5.41) is 21.6. The van der Waals surface area contributed by atoms with Crippen LogP contribution in [-0.2, 0) is 18.6 Å². The molecular weight excluding hydrogens is 654 g/mol. The lowest BCUT2D eigenvalue weighted by Crippen LogP contribution is -2.47. The van der Waals surface area contributed by atoms with Crippen molar-refractivity contribution in [1.29, 1.82) is 0 Å². The Kier molecular flexibility index (Phi) is 13.5. The smallest absolute Gasteiger partial charge is 0.462 e. The number of carbonyl (C=O) groups is 1. The van der Waals surface area contributed by atoms with Gasteiger partial charge in [-0.2, -0.15) is 19.0 Å². The monoisotopic (exact) mass is 702 g/mol. The number of halogens is 1. The number of imidazole rings is 1. The van der Waals surface area contributed by atoms with E-state index in [2.05, 4.69) is 34.7 Å². The number of unbranched alkanes of at least 4 members (excludes halogenated alkanes) is 6. The topological polar surface area (TPSA) is 175 Å². The third-order valence-electron chi connectivity index (χ3n) is 8.88. The molecule has 4 N–H and O–H groups in total. The van der Waals surface area contributed by atoms with Crippen molar-refractivity contribution in [2.75, 3.05) is 12.3 Å². The zero-order valence-corrected chi connectivity index (χ0v) is 29.3. The van der Waals surface area contributed by atoms with E-state index < -0.39 is 56.4 Å². The molecule has 5 atom stereocenters. The number of hydrogen-bond acceptors (Lipinski definition) is 10. The molecule has 1 aliphatic heterocycles. The molecule has 49 heavy (non-hydrogen) atoms. The van der Waals surface area contributed by atoms with E-state index in [4.69, 9.17) is 25.9 Å². The molecule has 0 radical (unpaired) electrons. The number of nitrogens with zero attached hydrogens (tertiary/aromatic N) is 5. The maximum absolute atomic E-state index is 15.3. The number of fused-ring (bicyclic) bond motifs is 1. The summed E-state index contributed by atoms with van der Waals surface area (Å²) >= 11 is 0. The fraction of sp³-hybridized carbons (Fsp3) is 0.588. The van der Waals surface area contributed by atoms with Crippen LogP contribution in [0.15, 0.2) is 36.7 Å². The van der Waals surface area contributed by atoms with Gasteiger partial charge < -0.3 is 25.2 Å². The number of carboxylic acid groups (broad SMARTS) is 1. The van der Waals surface area contributed by atoms with Gasteiger partial charge in [0.2, 0.25) is 0 Å². The average Bonchev–Trinajstić information content (AvgIpc) is 3.65. The van der Waals surface area contributed by atoms with Crippen LogP contribution in [0.1, 0.15) is 97.6 Å². The molecule has 1 fully saturated rings. The van der Waals surface area contributed by atoms with Gasteiger partial charge in [0.1, 0.15) is 30.7 Å². The van der Waals surface area contributed by atoms with Crippen LogP contribution in [0.25, 0.3) is 11.2 Å². The molecule has 15 heteroatoms. The van der Waals surface area contributed by atoms with Crippen molar-refractivity contribution in [3.63, 3.8) is 0 Å². The first-order valence-corrected chi connectivity index (χ1v) is 18.5. The van der Waals surface area contributed by atoms with E-state index in [0.29, 0.717) is 12.8 Å². The first-order chi connectivity index (χ1) is 23.5. The van der Waals surface area contributed by atoms with Gasteiger partial charge in [0.25, 0.3) is 0 Å². The van der Waals surface area contributed by atoms with Crippen LogP contribution in [0.4, 0.5) is 10.2 Å². The number of ether oxygens (including phenoxy) is 1. The van der Waals surface area contributed by atoms with Crippen LogP contribution in [0, 0.1) is 18.4 Å². The molecule has 1 unspecified atom stereocenters. The number of hydrogen-bond donors (Lipinski definition) is 3. The SMILES string of the molecule is C#C[C@]1(COP(=O)(Oc2ccccc2)N(C(CCCCCC)CCCCCC)[C@@H](C)C(=O)O)O[C@@H](n2cnc3c(N)nc(F)nc32)C[C@@H]1O. The minimum absolute atomic E-state index is 0.0319. The van der Waals surface area contributed by atoms with E-state index in [0.717, 1.165) is 51.4 Å². The summed E-state index contributed by atoms with van der Waals surface area (Å²) in [4.78, 5) is 24.1. The first-order valence-electron chi connectivity index (χ1n) is 17.0. The predicted octanol–water partition coefficient (Wildman–Crippen LogP) is 6.49. The minimum Gasteiger partial charge on any atom is -0.480 e. The molecule has 4 rings (SSSR count). The molecule has 2 aromatic heterocycles. The lowest BCUT2D eigenvalue weighted by atomic mass is 9.99. The Labute approximate surface area is 287 Å². The Morgan fingerprint density at radius 3 is 2.43 bits per heavy atom. The highest BCUT2D eigenvalue weighted by molar-refractivity contribution is 7.51. The second kappa shape index (κ2) is 17.4. The number of aliphatic carboxylic acids is 1. The number of rotatable bonds is 20. The highest BCUT2D eigenvalue weighted by Crippen LogP contribution is 2.56. The third kappa shape index (κ3) is 9.15. The van der Waals surface area contributed by atoms with Crippen molar-refractivity contribution < 1.29 is 37.7 Å². The number of nitrogens with two attached hydrogens (primary N) is 1. The molecule has 1 aliphatic rings. The van der Waals surface area contributed by atoms with Crippen LogP contribution >= 0.6 is 7.75 Å². The van der Waals surface area contributed by atoms with Crippen molar-refractivity contribution >= 4 is 30.7 Å². The van der Waals surface area contributed by atoms with Gasteiger partial charge in [-0.25, -0.2) is 9.55 Å². The number of benzene rings is 1. The van der Waals surface area contributed by atoms with Crippen LogP contribution < -0.4 is 10.3 Å². The third-order valence-corrected chi connectivity index (χ3v) is 11.0. The zero-order chi connectivity index (χ0) is 35.6. The molecular formula is C34H48FN6O7P. The summed E-state index contributed by atoms with van der Waals surface area (Å²) in [5.41, 5.74) is 4.13. The van der Waals surface area contributed by atoms with Gasteiger partial charge in [0.05, 0.1) is 6.33 Å². The maximum Gasteiger partial charge on any atom is 0.462 e. The average molecular weight is 703 g/mol. The lowest BCUT2D eigenvalue weighted by Gasteiger charge is -2.39. The zero-order valence-electron chi connectivity index (χ0n) is 28.4. The van der Waals surface area contributed by atoms with Gasteiger partial charge in [-0.15, -0.1) is 6.42 Å². The van der Waals surface area contributed by atoms with Crippen LogP contribution in [0.2, 0.25) is 0 Å². The Morgan fingerprint density at radius 2 is 1.84 bits per heavy atom. The van der Waals surface area contributed by atoms with E-state index >= 15 is 4.57 Å². The highest BCUT2D eigenvalue weighted by Gasteiger charge is 2.52. The summed E-state index contributed by atoms with van der Waals surface area (Å²) in [6, 6.07) is 6.63. The lowest BCUT2D eigenvalue weighted by molar-refractivity contribution is -0.142. The largest absolute Gasteiger partial charge is 0.480 e. The standard InChI is InChI=1S/C34H48FN6O7P/c1-5-8-10-13-17-25(18-14-11-9-6-2)41(24(4)32(43)44)49(45,48-26-19-15-12-16-20-26)46-22-34(7-3)27(42)21-28(47-34)40-23-37-29-30(36)38-33(35)39-31(29)40/h3,12,15-16,19-20,23-25,27-28,42H,5-6,8-11,13-14,17-18,21-22H2,1-2,4H3,(H,43,44)(H2,36,38,39)/t24-,27-,28+,34+,49?/m0/s1. The van der Waals surface area contributed by atoms with Crippen LogP contribution in [0.3, 0.4) is 0 Å². The van der Waals surface area contributed by atoms with Gasteiger partial charge in [0.15, 0.2) is 22.6 Å². The first kappa shape index (κ1) is 38.2. The Bertz CT molecular complexity index is 1610. The number of aromatic nitrogens is 4. The van der Waals surface area contributed by atoms with E-state index in [9.17, 15) is 19.4 Å². The molecule has 1 aromatic carbocycles. The number of aliphatic hydroxyl groups is 1. The molecule has 0 aliphatic carbocycles. The van der Waals surface area contributed by atoms with Crippen LogP contribution in [-0.4, -0.2) is 70.8 Å². The summed E-state index contributed by atoms with van der Waals surface area (Å²) in [6.45, 7) is 5.06. The van der Waals surface area contributed by atoms with Crippen molar-refractivity contribution in [1.82, 2.24) is 24.2 Å². The highest BCUT2D eigenvalue weighted by atomic mass is 31.2. The number of aliphatic hydroxyl groups excluding tert-OH is 1. The van der Waals surface area contributed by atoms with Crippen LogP contribution in [0.5, 0.6) is 5.75 Å². The van der Waals surface area contributed by atoms with Crippen molar-refractivity contribution in [3.8, 4) is 18.1 Å². The molecule has 268 valence electrons. The Balaban J connectivity index is 1.70. The quantitative estimate of drug-likeness (QED) is 0.0506. The molecule has 13 nitrogen and oxygen atoms in total. The summed E-state index contributed by atoms with van der Waals surface area (Å²) in [5.74, 6) is 1.31. The molecule has 0 saturated carbocycles. The number of para-hydroxylation sites is 1. The fourth-order valence-electron chi connectivity index (χ4n) is 6.14. The summed E-state index contributed by atoms with van der Waals surface area (Å²) in [7, 11) is -4.54. The second-order valence-electron chi connectivity index (χ2n) is 12.5. The van der Waals surface area contributed by atoms with E-state index in [1.54, 1.807) is 30.3 Å². The number of carboxylic acids is 1. The summed E-state index contributed by atoms with van der Waals surface area (Å²) < 4.78 is 50.6. The summed E-state index contributed by atoms with van der Waals surface area (Å²) in [6.07, 6.45) is 12.5. The van der Waals surface area contributed by atoms with E-state index in [1.165, 1.54) is 22.5 Å². The van der Waals surface area contributed by atoms with Gasteiger partial charge >= 0.3 is 19.8 Å².